The van der Waals surface area contributed by atoms with Crippen LogP contribution in [0.4, 0.5) is 0 Å². The second-order valence-corrected chi connectivity index (χ2v) is 4.49. The predicted octanol–water partition coefficient (Wildman–Crippen LogP) is 2.35. The van der Waals surface area contributed by atoms with Crippen LogP contribution in [0.1, 0.15) is 29.7 Å². The van der Waals surface area contributed by atoms with Crippen molar-refractivity contribution in [1.82, 2.24) is 5.32 Å². The summed E-state index contributed by atoms with van der Waals surface area (Å²) in [5.74, 6) is 0. The van der Waals surface area contributed by atoms with Crippen LogP contribution in [0.25, 0.3) is 0 Å². The lowest BCUT2D eigenvalue weighted by molar-refractivity contribution is 0.00659. The standard InChI is InChI=1S/C13H19NO/c1-9-4-5-10(2)12(6-9)13-7-14-11(3)8-15-13/h4-6,11,13-14H,7-8H2,1-3H3/t11-,13-/m1/s1. The van der Waals surface area contributed by atoms with E-state index in [0.29, 0.717) is 6.04 Å². The van der Waals surface area contributed by atoms with Crippen LogP contribution in [0, 0.1) is 13.8 Å². The van der Waals surface area contributed by atoms with Gasteiger partial charge in [0.15, 0.2) is 0 Å². The van der Waals surface area contributed by atoms with Gasteiger partial charge in [-0.15, -0.1) is 0 Å². The van der Waals surface area contributed by atoms with E-state index < -0.39 is 0 Å². The van der Waals surface area contributed by atoms with E-state index in [0.717, 1.165) is 13.2 Å². The first kappa shape index (κ1) is 10.7. The number of nitrogens with one attached hydrogen (secondary N) is 1. The molecule has 1 aromatic carbocycles. The van der Waals surface area contributed by atoms with Crippen molar-refractivity contribution in [3.8, 4) is 0 Å². The molecule has 1 fully saturated rings. The molecular weight excluding hydrogens is 186 g/mol. The molecule has 1 N–H and O–H groups in total. The second-order valence-electron chi connectivity index (χ2n) is 4.49. The average Bonchev–Trinajstić information content (AvgIpc) is 2.23. The van der Waals surface area contributed by atoms with E-state index in [-0.39, 0.29) is 6.10 Å². The summed E-state index contributed by atoms with van der Waals surface area (Å²) in [5.41, 5.74) is 3.95. The summed E-state index contributed by atoms with van der Waals surface area (Å²) in [6.45, 7) is 8.15. The Bertz CT molecular complexity index is 340. The maximum atomic E-state index is 5.85. The molecule has 1 saturated heterocycles. The highest BCUT2D eigenvalue weighted by Gasteiger charge is 2.20. The summed E-state index contributed by atoms with van der Waals surface area (Å²) in [7, 11) is 0. The van der Waals surface area contributed by atoms with Gasteiger partial charge in [-0.3, -0.25) is 0 Å². The Morgan fingerprint density at radius 1 is 1.33 bits per heavy atom. The average molecular weight is 205 g/mol. The minimum absolute atomic E-state index is 0.223. The highest BCUT2D eigenvalue weighted by Crippen LogP contribution is 2.24. The van der Waals surface area contributed by atoms with Crippen LogP contribution in [0.3, 0.4) is 0 Å². The van der Waals surface area contributed by atoms with Crippen LogP contribution < -0.4 is 5.32 Å². The van der Waals surface area contributed by atoms with Gasteiger partial charge in [-0.05, 0) is 31.9 Å². The van der Waals surface area contributed by atoms with Gasteiger partial charge in [0.05, 0.1) is 12.7 Å². The lowest BCUT2D eigenvalue weighted by atomic mass is 9.99. The van der Waals surface area contributed by atoms with Crippen LogP contribution in [0.15, 0.2) is 18.2 Å². The van der Waals surface area contributed by atoms with E-state index in [4.69, 9.17) is 4.74 Å². The minimum atomic E-state index is 0.223. The molecule has 0 aromatic heterocycles. The van der Waals surface area contributed by atoms with E-state index in [1.54, 1.807) is 0 Å². The SMILES string of the molecule is Cc1ccc(C)c([C@H]2CN[C@H](C)CO2)c1. The second kappa shape index (κ2) is 4.33. The summed E-state index contributed by atoms with van der Waals surface area (Å²) in [6, 6.07) is 7.04. The molecule has 1 aromatic rings. The lowest BCUT2D eigenvalue weighted by Gasteiger charge is -2.29. The molecular formula is C13H19NO. The summed E-state index contributed by atoms with van der Waals surface area (Å²) >= 11 is 0. The zero-order chi connectivity index (χ0) is 10.8. The van der Waals surface area contributed by atoms with Crippen molar-refractivity contribution >= 4 is 0 Å². The van der Waals surface area contributed by atoms with Gasteiger partial charge in [-0.2, -0.15) is 0 Å². The molecule has 0 aliphatic carbocycles. The zero-order valence-electron chi connectivity index (χ0n) is 9.71. The largest absolute Gasteiger partial charge is 0.371 e. The molecule has 15 heavy (non-hydrogen) atoms. The van der Waals surface area contributed by atoms with Gasteiger partial charge in [-0.1, -0.05) is 23.8 Å². The molecule has 2 heteroatoms. The number of benzene rings is 1. The summed E-state index contributed by atoms with van der Waals surface area (Å²) < 4.78 is 5.85. The molecule has 0 spiro atoms. The van der Waals surface area contributed by atoms with Gasteiger partial charge in [-0.25, -0.2) is 0 Å². The Hall–Kier alpha value is -0.860. The first-order valence-electron chi connectivity index (χ1n) is 5.59. The smallest absolute Gasteiger partial charge is 0.0952 e. The fourth-order valence-electron chi connectivity index (χ4n) is 1.99. The third-order valence-electron chi connectivity index (χ3n) is 2.98. The molecule has 0 saturated carbocycles. The van der Waals surface area contributed by atoms with Crippen molar-refractivity contribution in [2.45, 2.75) is 32.9 Å². The van der Waals surface area contributed by atoms with Gasteiger partial charge in [0.1, 0.15) is 0 Å². The number of rotatable bonds is 1. The van der Waals surface area contributed by atoms with E-state index in [2.05, 4.69) is 44.3 Å². The molecule has 1 aliphatic rings. The molecule has 0 radical (unpaired) electrons. The Kier molecular flexibility index (Phi) is 3.08. The van der Waals surface area contributed by atoms with Crippen molar-refractivity contribution in [2.24, 2.45) is 0 Å². The van der Waals surface area contributed by atoms with Gasteiger partial charge >= 0.3 is 0 Å². The Balaban J connectivity index is 2.18. The van der Waals surface area contributed by atoms with E-state index >= 15 is 0 Å². The number of ether oxygens (including phenoxy) is 1. The van der Waals surface area contributed by atoms with Crippen LogP contribution in [-0.2, 0) is 4.74 Å². The van der Waals surface area contributed by atoms with Crippen molar-refractivity contribution in [2.75, 3.05) is 13.2 Å². The maximum Gasteiger partial charge on any atom is 0.0952 e. The number of hydrogen-bond acceptors (Lipinski definition) is 2. The number of morpholine rings is 1. The third kappa shape index (κ3) is 2.39. The van der Waals surface area contributed by atoms with Crippen LogP contribution in [0.5, 0.6) is 0 Å². The summed E-state index contributed by atoms with van der Waals surface area (Å²) in [4.78, 5) is 0. The molecule has 82 valence electrons. The van der Waals surface area contributed by atoms with E-state index in [9.17, 15) is 0 Å². The molecule has 0 amide bonds. The Morgan fingerprint density at radius 3 is 2.80 bits per heavy atom. The highest BCUT2D eigenvalue weighted by atomic mass is 16.5. The predicted molar refractivity (Wildman–Crippen MR) is 62.1 cm³/mol. The van der Waals surface area contributed by atoms with E-state index in [1.807, 2.05) is 0 Å². The fraction of sp³-hybridized carbons (Fsp3) is 0.538. The fourth-order valence-corrected chi connectivity index (χ4v) is 1.99. The van der Waals surface area contributed by atoms with Crippen molar-refractivity contribution in [3.63, 3.8) is 0 Å². The molecule has 2 nitrogen and oxygen atoms in total. The summed E-state index contributed by atoms with van der Waals surface area (Å²) in [5, 5.41) is 3.45. The van der Waals surface area contributed by atoms with Gasteiger partial charge in [0, 0.05) is 12.6 Å². The first-order chi connectivity index (χ1) is 7.16. The Morgan fingerprint density at radius 2 is 2.13 bits per heavy atom. The zero-order valence-corrected chi connectivity index (χ0v) is 9.71. The van der Waals surface area contributed by atoms with Crippen LogP contribution in [0.2, 0.25) is 0 Å². The Labute approximate surface area is 91.6 Å². The molecule has 0 bridgehead atoms. The van der Waals surface area contributed by atoms with Gasteiger partial charge in [0.2, 0.25) is 0 Å². The maximum absolute atomic E-state index is 5.85. The molecule has 1 aliphatic heterocycles. The monoisotopic (exact) mass is 205 g/mol. The third-order valence-corrected chi connectivity index (χ3v) is 2.98. The number of aryl methyl sites for hydroxylation is 2. The lowest BCUT2D eigenvalue weighted by Crippen LogP contribution is -2.40. The van der Waals surface area contributed by atoms with Crippen molar-refractivity contribution in [3.05, 3.63) is 34.9 Å². The normalized spacial score (nSPS) is 26.6. The molecule has 2 atom stereocenters. The molecule has 1 heterocycles. The highest BCUT2D eigenvalue weighted by molar-refractivity contribution is 5.32. The van der Waals surface area contributed by atoms with Gasteiger partial charge in [0.25, 0.3) is 0 Å². The van der Waals surface area contributed by atoms with Crippen molar-refractivity contribution < 1.29 is 4.74 Å². The molecule has 2 rings (SSSR count). The van der Waals surface area contributed by atoms with Crippen molar-refractivity contribution in [1.29, 1.82) is 0 Å². The molecule has 0 unspecified atom stereocenters. The minimum Gasteiger partial charge on any atom is -0.371 e. The first-order valence-corrected chi connectivity index (χ1v) is 5.59. The van der Waals surface area contributed by atoms with E-state index in [1.165, 1.54) is 16.7 Å². The van der Waals surface area contributed by atoms with Crippen LogP contribution in [-0.4, -0.2) is 19.2 Å². The quantitative estimate of drug-likeness (QED) is 0.760. The number of hydrogen-bond donors (Lipinski definition) is 1. The van der Waals surface area contributed by atoms with Crippen LogP contribution >= 0.6 is 0 Å². The summed E-state index contributed by atoms with van der Waals surface area (Å²) in [6.07, 6.45) is 0.223. The van der Waals surface area contributed by atoms with Gasteiger partial charge < -0.3 is 10.1 Å². The topological polar surface area (TPSA) is 21.3 Å².